The average Bonchev–Trinajstić information content (AvgIpc) is 3.01. The van der Waals surface area contributed by atoms with E-state index in [0.717, 1.165) is 17.0 Å². The van der Waals surface area contributed by atoms with Crippen LogP contribution in [0.15, 0.2) is 42.5 Å². The van der Waals surface area contributed by atoms with Crippen molar-refractivity contribution in [3.63, 3.8) is 0 Å². The number of rotatable bonds is 6. The van der Waals surface area contributed by atoms with E-state index >= 15 is 0 Å². The Labute approximate surface area is 177 Å². The Balaban J connectivity index is 1.44. The molecule has 0 bridgehead atoms. The standard InChI is InChI=1S/C21H19N3O7/c1-2-22(10-14-12-30-17-5-3-4-6-18(17)31-14)19(25)11-23-20(26)15-8-7-13(24(28)29)9-16(15)21(23)27/h3-9,14H,2,10-12H2,1H3. The lowest BCUT2D eigenvalue weighted by molar-refractivity contribution is -0.384. The number of imide groups is 1. The van der Waals surface area contributed by atoms with E-state index in [1.54, 1.807) is 19.1 Å². The van der Waals surface area contributed by atoms with Crippen molar-refractivity contribution in [1.82, 2.24) is 9.80 Å². The molecule has 0 fully saturated rings. The first-order valence-electron chi connectivity index (χ1n) is 9.70. The molecule has 10 heteroatoms. The molecule has 4 rings (SSSR count). The van der Waals surface area contributed by atoms with Crippen molar-refractivity contribution < 1.29 is 28.8 Å². The van der Waals surface area contributed by atoms with Gasteiger partial charge in [-0.2, -0.15) is 0 Å². The number of fused-ring (bicyclic) bond motifs is 2. The van der Waals surface area contributed by atoms with Crippen LogP contribution in [0.3, 0.4) is 0 Å². The van der Waals surface area contributed by atoms with Crippen molar-refractivity contribution in [3.8, 4) is 11.5 Å². The third kappa shape index (κ3) is 3.79. The Bertz CT molecular complexity index is 1080. The first-order chi connectivity index (χ1) is 14.9. The summed E-state index contributed by atoms with van der Waals surface area (Å²) in [5.74, 6) is -0.587. The minimum atomic E-state index is -0.723. The van der Waals surface area contributed by atoms with Gasteiger partial charge in [-0.15, -0.1) is 0 Å². The molecule has 10 nitrogen and oxygen atoms in total. The molecule has 2 aromatic rings. The van der Waals surface area contributed by atoms with Crippen LogP contribution < -0.4 is 9.47 Å². The van der Waals surface area contributed by atoms with Crippen LogP contribution in [0.1, 0.15) is 27.6 Å². The van der Waals surface area contributed by atoms with E-state index in [9.17, 15) is 24.5 Å². The zero-order valence-electron chi connectivity index (χ0n) is 16.6. The van der Waals surface area contributed by atoms with Crippen molar-refractivity contribution in [2.24, 2.45) is 0 Å². The summed E-state index contributed by atoms with van der Waals surface area (Å²) in [5.41, 5.74) is -0.319. The summed E-state index contributed by atoms with van der Waals surface area (Å²) < 4.78 is 11.5. The van der Waals surface area contributed by atoms with Gasteiger partial charge in [0.05, 0.1) is 22.6 Å². The number of nitrogens with zero attached hydrogens (tertiary/aromatic N) is 3. The molecule has 31 heavy (non-hydrogen) atoms. The fourth-order valence-electron chi connectivity index (χ4n) is 3.58. The maximum absolute atomic E-state index is 12.8. The second kappa shape index (κ2) is 8.05. The number of benzene rings is 2. The first-order valence-corrected chi connectivity index (χ1v) is 9.70. The fraction of sp³-hybridized carbons (Fsp3) is 0.286. The summed E-state index contributed by atoms with van der Waals surface area (Å²) in [6.45, 7) is 2.14. The number of carbonyl (C=O) groups is 3. The van der Waals surface area contributed by atoms with Crippen LogP contribution >= 0.6 is 0 Å². The Kier molecular flexibility index (Phi) is 5.28. The predicted octanol–water partition coefficient (Wildman–Crippen LogP) is 1.88. The maximum atomic E-state index is 12.8. The highest BCUT2D eigenvalue weighted by Crippen LogP contribution is 2.31. The molecule has 2 aliphatic rings. The van der Waals surface area contributed by atoms with E-state index < -0.39 is 35.3 Å². The second-order valence-corrected chi connectivity index (χ2v) is 7.11. The highest BCUT2D eigenvalue weighted by Gasteiger charge is 2.38. The van der Waals surface area contributed by atoms with E-state index in [1.165, 1.54) is 11.0 Å². The van der Waals surface area contributed by atoms with E-state index in [4.69, 9.17) is 9.47 Å². The van der Waals surface area contributed by atoms with E-state index in [2.05, 4.69) is 0 Å². The van der Waals surface area contributed by atoms with Gasteiger partial charge in [0, 0.05) is 18.7 Å². The number of para-hydroxylation sites is 2. The Morgan fingerprint density at radius 1 is 1.16 bits per heavy atom. The molecule has 0 aliphatic carbocycles. The fourth-order valence-corrected chi connectivity index (χ4v) is 3.58. The Morgan fingerprint density at radius 2 is 1.87 bits per heavy atom. The molecule has 1 atom stereocenters. The Morgan fingerprint density at radius 3 is 2.58 bits per heavy atom. The van der Waals surface area contributed by atoms with Gasteiger partial charge in [-0.3, -0.25) is 29.4 Å². The molecule has 3 amide bonds. The van der Waals surface area contributed by atoms with E-state index in [-0.39, 0.29) is 30.0 Å². The summed E-state index contributed by atoms with van der Waals surface area (Å²) in [7, 11) is 0. The molecule has 0 saturated carbocycles. The largest absolute Gasteiger partial charge is 0.486 e. The molecular weight excluding hydrogens is 406 g/mol. The number of nitro benzene ring substituents is 1. The van der Waals surface area contributed by atoms with Crippen LogP contribution in [0.25, 0.3) is 0 Å². The second-order valence-electron chi connectivity index (χ2n) is 7.11. The van der Waals surface area contributed by atoms with Gasteiger partial charge in [-0.1, -0.05) is 12.1 Å². The van der Waals surface area contributed by atoms with Gasteiger partial charge in [0.25, 0.3) is 17.5 Å². The molecular formula is C21H19N3O7. The normalized spacial score (nSPS) is 16.8. The van der Waals surface area contributed by atoms with Gasteiger partial charge in [-0.05, 0) is 25.1 Å². The quantitative estimate of drug-likeness (QED) is 0.394. The smallest absolute Gasteiger partial charge is 0.270 e. The molecule has 0 aromatic heterocycles. The molecule has 0 N–H and O–H groups in total. The van der Waals surface area contributed by atoms with Gasteiger partial charge >= 0.3 is 0 Å². The lowest BCUT2D eigenvalue weighted by atomic mass is 10.1. The number of likely N-dealkylation sites (N-methyl/N-ethyl adjacent to an activating group) is 1. The zero-order valence-corrected chi connectivity index (χ0v) is 16.6. The highest BCUT2D eigenvalue weighted by atomic mass is 16.6. The van der Waals surface area contributed by atoms with Gasteiger partial charge in [0.15, 0.2) is 17.6 Å². The van der Waals surface area contributed by atoms with Gasteiger partial charge in [-0.25, -0.2) is 0 Å². The molecule has 0 radical (unpaired) electrons. The van der Waals surface area contributed by atoms with Crippen molar-refractivity contribution in [3.05, 3.63) is 63.7 Å². The molecule has 2 aliphatic heterocycles. The van der Waals surface area contributed by atoms with Gasteiger partial charge in [0.2, 0.25) is 5.91 Å². The molecule has 2 heterocycles. The third-order valence-electron chi connectivity index (χ3n) is 5.18. The highest BCUT2D eigenvalue weighted by molar-refractivity contribution is 6.22. The number of carbonyl (C=O) groups excluding carboxylic acids is 3. The summed E-state index contributed by atoms with van der Waals surface area (Å²) in [6, 6.07) is 10.7. The number of hydrogen-bond donors (Lipinski definition) is 0. The third-order valence-corrected chi connectivity index (χ3v) is 5.18. The van der Waals surface area contributed by atoms with Gasteiger partial charge in [0.1, 0.15) is 13.2 Å². The summed E-state index contributed by atoms with van der Waals surface area (Å²) >= 11 is 0. The SMILES string of the molecule is CCN(CC1COc2ccccc2O1)C(=O)CN1C(=O)c2ccc([N+](=O)[O-])cc2C1=O. The molecule has 2 aromatic carbocycles. The summed E-state index contributed by atoms with van der Waals surface area (Å²) in [4.78, 5) is 50.7. The number of non-ortho nitro benzene ring substituents is 1. The Hall–Kier alpha value is -3.95. The van der Waals surface area contributed by atoms with Crippen molar-refractivity contribution >= 4 is 23.4 Å². The summed E-state index contributed by atoms with van der Waals surface area (Å²) in [6.07, 6.45) is -0.399. The van der Waals surface area contributed by atoms with Crippen LogP contribution in [-0.2, 0) is 4.79 Å². The van der Waals surface area contributed by atoms with Crippen LogP contribution in [0, 0.1) is 10.1 Å². The molecule has 0 spiro atoms. The lowest BCUT2D eigenvalue weighted by Gasteiger charge is -2.31. The average molecular weight is 425 g/mol. The lowest BCUT2D eigenvalue weighted by Crippen LogP contribution is -2.47. The van der Waals surface area contributed by atoms with Crippen molar-refractivity contribution in [1.29, 1.82) is 0 Å². The zero-order chi connectivity index (χ0) is 22.1. The number of amides is 3. The predicted molar refractivity (Wildman–Crippen MR) is 107 cm³/mol. The minimum Gasteiger partial charge on any atom is -0.486 e. The van der Waals surface area contributed by atoms with Crippen LogP contribution in [0.4, 0.5) is 5.69 Å². The number of nitro groups is 1. The number of hydrogen-bond acceptors (Lipinski definition) is 7. The minimum absolute atomic E-state index is 0.0482. The first kappa shape index (κ1) is 20.3. The molecule has 0 saturated heterocycles. The van der Waals surface area contributed by atoms with Crippen LogP contribution in [-0.4, -0.2) is 64.8 Å². The molecule has 160 valence electrons. The van der Waals surface area contributed by atoms with Crippen molar-refractivity contribution in [2.75, 3.05) is 26.2 Å². The van der Waals surface area contributed by atoms with Crippen LogP contribution in [0.5, 0.6) is 11.5 Å². The molecule has 1 unspecified atom stereocenters. The monoisotopic (exact) mass is 425 g/mol. The maximum Gasteiger partial charge on any atom is 0.270 e. The topological polar surface area (TPSA) is 119 Å². The van der Waals surface area contributed by atoms with E-state index in [1.807, 2.05) is 12.1 Å². The van der Waals surface area contributed by atoms with Gasteiger partial charge < -0.3 is 14.4 Å². The van der Waals surface area contributed by atoms with Crippen molar-refractivity contribution in [2.45, 2.75) is 13.0 Å². The van der Waals surface area contributed by atoms with E-state index in [0.29, 0.717) is 18.0 Å². The van der Waals surface area contributed by atoms with Crippen LogP contribution in [0.2, 0.25) is 0 Å². The summed E-state index contributed by atoms with van der Waals surface area (Å²) in [5, 5.41) is 11.0. The number of ether oxygens (including phenoxy) is 2.